The van der Waals surface area contributed by atoms with Crippen LogP contribution in [0.15, 0.2) is 53.4 Å². The Hall–Kier alpha value is -1.45. The van der Waals surface area contributed by atoms with Crippen LogP contribution >= 0.6 is 11.8 Å². The molecule has 0 spiro atoms. The molecule has 0 aliphatic heterocycles. The zero-order valence-corrected chi connectivity index (χ0v) is 12.1. The smallest absolute Gasteiger partial charge is 0.119 e. The van der Waals surface area contributed by atoms with E-state index < -0.39 is 0 Å². The Kier molecular flexibility index (Phi) is 4.88. The monoisotopic (exact) mass is 273 g/mol. The van der Waals surface area contributed by atoms with Crippen LogP contribution in [0.2, 0.25) is 0 Å². The van der Waals surface area contributed by atoms with Crippen molar-refractivity contribution in [2.75, 3.05) is 13.4 Å². The average molecular weight is 273 g/mol. The summed E-state index contributed by atoms with van der Waals surface area (Å²) in [5, 5.41) is 0. The molecule has 0 bridgehead atoms. The first kappa shape index (κ1) is 14.0. The van der Waals surface area contributed by atoms with E-state index in [1.54, 1.807) is 18.9 Å². The van der Waals surface area contributed by atoms with Crippen LogP contribution in [0.5, 0.6) is 5.75 Å². The zero-order valence-electron chi connectivity index (χ0n) is 11.3. The summed E-state index contributed by atoms with van der Waals surface area (Å²) in [7, 11) is 1.68. The Morgan fingerprint density at radius 2 is 1.89 bits per heavy atom. The minimum Gasteiger partial charge on any atom is -0.497 e. The Bertz CT molecular complexity index is 525. The molecule has 0 radical (unpaired) electrons. The van der Waals surface area contributed by atoms with Gasteiger partial charge in [-0.25, -0.2) is 0 Å². The van der Waals surface area contributed by atoms with Gasteiger partial charge in [-0.1, -0.05) is 24.3 Å². The van der Waals surface area contributed by atoms with Crippen molar-refractivity contribution in [1.29, 1.82) is 0 Å². The molecular formula is C16H19NOS. The van der Waals surface area contributed by atoms with Gasteiger partial charge in [0.15, 0.2) is 0 Å². The molecule has 0 saturated heterocycles. The minimum absolute atomic E-state index is 0.0167. The molecule has 2 rings (SSSR count). The van der Waals surface area contributed by atoms with Gasteiger partial charge in [0.25, 0.3) is 0 Å². The molecule has 0 fully saturated rings. The number of thioether (sulfide) groups is 1. The topological polar surface area (TPSA) is 35.2 Å². The molecule has 0 aliphatic carbocycles. The van der Waals surface area contributed by atoms with Crippen molar-refractivity contribution in [3.8, 4) is 5.75 Å². The van der Waals surface area contributed by atoms with Crippen LogP contribution in [-0.4, -0.2) is 13.4 Å². The summed E-state index contributed by atoms with van der Waals surface area (Å²) >= 11 is 1.74. The third kappa shape index (κ3) is 3.75. The van der Waals surface area contributed by atoms with Gasteiger partial charge in [-0.05, 0) is 48.1 Å². The Morgan fingerprint density at radius 1 is 1.16 bits per heavy atom. The standard InChI is InChI=1S/C16H19NOS/c1-18-14-5-3-4-12(10-14)11-16(17)13-6-8-15(19-2)9-7-13/h3-10,16H,11,17H2,1-2H3. The highest BCUT2D eigenvalue weighted by atomic mass is 32.2. The van der Waals surface area contributed by atoms with E-state index >= 15 is 0 Å². The first-order chi connectivity index (χ1) is 9.22. The lowest BCUT2D eigenvalue weighted by atomic mass is 10.00. The molecule has 2 aromatic carbocycles. The zero-order chi connectivity index (χ0) is 13.7. The Balaban J connectivity index is 2.08. The van der Waals surface area contributed by atoms with Crippen LogP contribution in [0.4, 0.5) is 0 Å². The second-order valence-electron chi connectivity index (χ2n) is 4.44. The van der Waals surface area contributed by atoms with Gasteiger partial charge in [0, 0.05) is 10.9 Å². The summed E-state index contributed by atoms with van der Waals surface area (Å²) < 4.78 is 5.23. The summed E-state index contributed by atoms with van der Waals surface area (Å²) in [6.45, 7) is 0. The molecule has 2 aromatic rings. The van der Waals surface area contributed by atoms with E-state index in [2.05, 4.69) is 36.6 Å². The first-order valence-corrected chi connectivity index (χ1v) is 7.48. The third-order valence-corrected chi connectivity index (χ3v) is 3.88. The minimum atomic E-state index is 0.0167. The number of hydrogen-bond acceptors (Lipinski definition) is 3. The van der Waals surface area contributed by atoms with Crippen molar-refractivity contribution in [2.24, 2.45) is 5.73 Å². The summed E-state index contributed by atoms with van der Waals surface area (Å²) in [6.07, 6.45) is 2.89. The van der Waals surface area contributed by atoms with Crippen LogP contribution in [-0.2, 0) is 6.42 Å². The molecule has 100 valence electrons. The number of ether oxygens (including phenoxy) is 1. The van der Waals surface area contributed by atoms with Crippen molar-refractivity contribution >= 4 is 11.8 Å². The fourth-order valence-electron chi connectivity index (χ4n) is 2.02. The van der Waals surface area contributed by atoms with Crippen LogP contribution in [0.25, 0.3) is 0 Å². The molecule has 2 nitrogen and oxygen atoms in total. The Morgan fingerprint density at radius 3 is 2.53 bits per heavy atom. The van der Waals surface area contributed by atoms with Gasteiger partial charge < -0.3 is 10.5 Å². The highest BCUT2D eigenvalue weighted by Gasteiger charge is 2.07. The summed E-state index contributed by atoms with van der Waals surface area (Å²) in [5.41, 5.74) is 8.62. The lowest BCUT2D eigenvalue weighted by Gasteiger charge is -2.13. The van der Waals surface area contributed by atoms with E-state index in [9.17, 15) is 0 Å². The van der Waals surface area contributed by atoms with Gasteiger partial charge in [0.05, 0.1) is 7.11 Å². The molecule has 3 heteroatoms. The van der Waals surface area contributed by atoms with E-state index in [0.717, 1.165) is 12.2 Å². The number of rotatable bonds is 5. The molecule has 0 amide bonds. The molecule has 2 N–H and O–H groups in total. The summed E-state index contributed by atoms with van der Waals surface area (Å²) in [4.78, 5) is 1.26. The van der Waals surface area contributed by atoms with Gasteiger partial charge in [0.2, 0.25) is 0 Å². The van der Waals surface area contributed by atoms with Gasteiger partial charge in [-0.15, -0.1) is 11.8 Å². The van der Waals surface area contributed by atoms with E-state index in [4.69, 9.17) is 10.5 Å². The molecule has 19 heavy (non-hydrogen) atoms. The molecule has 1 atom stereocenters. The van der Waals surface area contributed by atoms with Gasteiger partial charge in [0.1, 0.15) is 5.75 Å². The second-order valence-corrected chi connectivity index (χ2v) is 5.31. The van der Waals surface area contributed by atoms with Gasteiger partial charge in [-0.3, -0.25) is 0 Å². The lowest BCUT2D eigenvalue weighted by Crippen LogP contribution is -2.13. The van der Waals surface area contributed by atoms with Crippen molar-refractivity contribution in [3.63, 3.8) is 0 Å². The molecule has 0 saturated carbocycles. The fraction of sp³-hybridized carbons (Fsp3) is 0.250. The van der Waals surface area contributed by atoms with Crippen molar-refractivity contribution in [3.05, 3.63) is 59.7 Å². The SMILES string of the molecule is COc1cccc(CC(N)c2ccc(SC)cc2)c1. The predicted octanol–water partition coefficient (Wildman–Crippen LogP) is 3.66. The van der Waals surface area contributed by atoms with E-state index in [1.807, 2.05) is 18.2 Å². The van der Waals surface area contributed by atoms with E-state index in [0.29, 0.717) is 0 Å². The number of hydrogen-bond donors (Lipinski definition) is 1. The van der Waals surface area contributed by atoms with Crippen LogP contribution in [0.3, 0.4) is 0 Å². The van der Waals surface area contributed by atoms with Crippen LogP contribution < -0.4 is 10.5 Å². The maximum atomic E-state index is 6.26. The maximum absolute atomic E-state index is 6.26. The number of nitrogens with two attached hydrogens (primary N) is 1. The lowest BCUT2D eigenvalue weighted by molar-refractivity contribution is 0.414. The average Bonchev–Trinajstić information content (AvgIpc) is 2.47. The summed E-state index contributed by atoms with van der Waals surface area (Å²) in [5.74, 6) is 0.877. The second kappa shape index (κ2) is 6.64. The fourth-order valence-corrected chi connectivity index (χ4v) is 2.43. The molecular weight excluding hydrogens is 254 g/mol. The van der Waals surface area contributed by atoms with E-state index in [1.165, 1.54) is 16.0 Å². The van der Waals surface area contributed by atoms with Crippen LogP contribution in [0.1, 0.15) is 17.2 Å². The van der Waals surface area contributed by atoms with E-state index in [-0.39, 0.29) is 6.04 Å². The maximum Gasteiger partial charge on any atom is 0.119 e. The van der Waals surface area contributed by atoms with Crippen LogP contribution in [0, 0.1) is 0 Å². The normalized spacial score (nSPS) is 12.2. The quantitative estimate of drug-likeness (QED) is 0.844. The highest BCUT2D eigenvalue weighted by Crippen LogP contribution is 2.22. The molecule has 0 aliphatic rings. The van der Waals surface area contributed by atoms with Crippen molar-refractivity contribution in [1.82, 2.24) is 0 Å². The summed E-state index contributed by atoms with van der Waals surface area (Å²) in [6, 6.07) is 16.5. The van der Waals surface area contributed by atoms with Gasteiger partial charge in [-0.2, -0.15) is 0 Å². The largest absolute Gasteiger partial charge is 0.497 e. The first-order valence-electron chi connectivity index (χ1n) is 6.25. The number of benzene rings is 2. The predicted molar refractivity (Wildman–Crippen MR) is 81.8 cm³/mol. The van der Waals surface area contributed by atoms with Crippen molar-refractivity contribution < 1.29 is 4.74 Å². The van der Waals surface area contributed by atoms with Crippen molar-refractivity contribution in [2.45, 2.75) is 17.4 Å². The molecule has 1 unspecified atom stereocenters. The Labute approximate surface area is 119 Å². The molecule has 0 aromatic heterocycles. The van der Waals surface area contributed by atoms with Gasteiger partial charge >= 0.3 is 0 Å². The molecule has 0 heterocycles. The third-order valence-electron chi connectivity index (χ3n) is 3.13. The highest BCUT2D eigenvalue weighted by molar-refractivity contribution is 7.98. The number of methoxy groups -OCH3 is 1.